The zero-order chi connectivity index (χ0) is 18.8. The van der Waals surface area contributed by atoms with Crippen molar-refractivity contribution in [1.29, 1.82) is 0 Å². The van der Waals surface area contributed by atoms with E-state index in [9.17, 15) is 9.90 Å². The molecule has 27 heavy (non-hydrogen) atoms. The molecule has 0 radical (unpaired) electrons. The minimum atomic E-state index is -0.232. The van der Waals surface area contributed by atoms with Crippen LogP contribution in [0.15, 0.2) is 52.0 Å². The Bertz CT molecular complexity index is 1170. The molecule has 132 valence electrons. The molecule has 1 amide bonds. The van der Waals surface area contributed by atoms with Crippen LogP contribution in [0.3, 0.4) is 0 Å². The number of pyridine rings is 1. The first kappa shape index (κ1) is 17.5. The van der Waals surface area contributed by atoms with Crippen LogP contribution in [0.1, 0.15) is 22.5 Å². The fraction of sp³-hybridized carbons (Fsp3) is 0.0500. The van der Waals surface area contributed by atoms with Gasteiger partial charge in [0.25, 0.3) is 5.91 Å². The van der Waals surface area contributed by atoms with Gasteiger partial charge in [0.15, 0.2) is 5.58 Å². The third-order valence-electron chi connectivity index (χ3n) is 3.88. The Balaban J connectivity index is 1.73. The molecular formula is C20H12N2O3S2. The van der Waals surface area contributed by atoms with E-state index in [2.05, 4.69) is 22.1 Å². The number of nitrogens with one attached hydrogen (secondary N) is 1. The zero-order valence-electron chi connectivity index (χ0n) is 13.9. The van der Waals surface area contributed by atoms with E-state index >= 15 is 0 Å². The van der Waals surface area contributed by atoms with Crippen LogP contribution in [0.2, 0.25) is 0 Å². The Labute approximate surface area is 164 Å². The Morgan fingerprint density at radius 1 is 1.26 bits per heavy atom. The summed E-state index contributed by atoms with van der Waals surface area (Å²) in [4.78, 5) is 16.5. The van der Waals surface area contributed by atoms with Crippen LogP contribution in [-0.2, 0) is 11.4 Å². The molecule has 3 heterocycles. The predicted octanol–water partition coefficient (Wildman–Crippen LogP) is 3.21. The van der Waals surface area contributed by atoms with E-state index in [1.807, 2.05) is 24.3 Å². The van der Waals surface area contributed by atoms with Crippen molar-refractivity contribution < 1.29 is 14.3 Å². The number of carbonyl (C=O) groups is 1. The molecule has 1 fully saturated rings. The van der Waals surface area contributed by atoms with Crippen molar-refractivity contribution >= 4 is 51.3 Å². The van der Waals surface area contributed by atoms with Gasteiger partial charge in [0.2, 0.25) is 0 Å². The second-order valence-corrected chi connectivity index (χ2v) is 7.39. The molecule has 3 aromatic rings. The van der Waals surface area contributed by atoms with Gasteiger partial charge in [-0.15, -0.1) is 0 Å². The highest BCUT2D eigenvalue weighted by molar-refractivity contribution is 8.26. The molecule has 1 saturated heterocycles. The van der Waals surface area contributed by atoms with Gasteiger partial charge in [-0.2, -0.15) is 0 Å². The monoisotopic (exact) mass is 392 g/mol. The minimum absolute atomic E-state index is 0.0760. The van der Waals surface area contributed by atoms with Crippen LogP contribution < -0.4 is 5.32 Å². The number of nitrogens with zero attached hydrogens (tertiary/aromatic N) is 1. The zero-order valence-corrected chi connectivity index (χ0v) is 15.5. The number of aromatic nitrogens is 1. The lowest BCUT2D eigenvalue weighted by atomic mass is 10.1. The standard InChI is InChI=1S/C20H12N2O3S2/c23-11-14-4-2-1-3-12(14)5-6-13-9-21-10-15-7-16(25-18(13)15)8-17-19(24)22-20(26)27-17/h1-4,7-10,23H,11H2,(H,22,24,26). The molecule has 0 aliphatic carbocycles. The Morgan fingerprint density at radius 2 is 2.07 bits per heavy atom. The van der Waals surface area contributed by atoms with Crippen LogP contribution in [0.5, 0.6) is 0 Å². The summed E-state index contributed by atoms with van der Waals surface area (Å²) in [7, 11) is 0. The van der Waals surface area contributed by atoms with Crippen LogP contribution >= 0.6 is 24.0 Å². The maximum absolute atomic E-state index is 11.8. The number of thiocarbonyl (C=S) groups is 1. The molecule has 7 heteroatoms. The number of amides is 1. The van der Waals surface area contributed by atoms with E-state index in [-0.39, 0.29) is 12.5 Å². The van der Waals surface area contributed by atoms with Crippen molar-refractivity contribution in [3.8, 4) is 11.8 Å². The fourth-order valence-electron chi connectivity index (χ4n) is 2.61. The first-order chi connectivity index (χ1) is 13.1. The summed E-state index contributed by atoms with van der Waals surface area (Å²) in [5.74, 6) is 6.41. The molecule has 0 atom stereocenters. The van der Waals surface area contributed by atoms with E-state index in [1.165, 1.54) is 11.8 Å². The topological polar surface area (TPSA) is 75.4 Å². The molecule has 5 nitrogen and oxygen atoms in total. The molecular weight excluding hydrogens is 380 g/mol. The number of hydrogen-bond donors (Lipinski definition) is 2. The maximum atomic E-state index is 11.8. The van der Waals surface area contributed by atoms with Crippen molar-refractivity contribution in [3.05, 3.63) is 70.1 Å². The molecule has 4 rings (SSSR count). The lowest BCUT2D eigenvalue weighted by molar-refractivity contribution is -0.115. The highest BCUT2D eigenvalue weighted by Gasteiger charge is 2.22. The smallest absolute Gasteiger partial charge is 0.263 e. The van der Waals surface area contributed by atoms with Gasteiger partial charge >= 0.3 is 0 Å². The van der Waals surface area contributed by atoms with Crippen LogP contribution in [-0.4, -0.2) is 20.3 Å². The third kappa shape index (κ3) is 3.64. The van der Waals surface area contributed by atoms with E-state index in [0.29, 0.717) is 26.1 Å². The number of aliphatic hydroxyl groups excluding tert-OH is 1. The molecule has 0 unspecified atom stereocenters. The van der Waals surface area contributed by atoms with Crippen LogP contribution in [0, 0.1) is 11.8 Å². The average Bonchev–Trinajstić information content (AvgIpc) is 3.22. The maximum Gasteiger partial charge on any atom is 0.263 e. The van der Waals surface area contributed by atoms with E-state index in [1.54, 1.807) is 24.5 Å². The summed E-state index contributed by atoms with van der Waals surface area (Å²) in [5, 5.41) is 12.8. The first-order valence-electron chi connectivity index (χ1n) is 7.97. The summed E-state index contributed by atoms with van der Waals surface area (Å²) < 4.78 is 6.31. The van der Waals surface area contributed by atoms with E-state index < -0.39 is 0 Å². The number of fused-ring (bicyclic) bond motifs is 1. The van der Waals surface area contributed by atoms with Gasteiger partial charge < -0.3 is 14.8 Å². The van der Waals surface area contributed by atoms with Gasteiger partial charge in [-0.3, -0.25) is 9.78 Å². The minimum Gasteiger partial charge on any atom is -0.455 e. The Morgan fingerprint density at radius 3 is 2.85 bits per heavy atom. The Hall–Kier alpha value is -2.92. The normalized spacial score (nSPS) is 15.1. The largest absolute Gasteiger partial charge is 0.455 e. The highest BCUT2D eigenvalue weighted by Crippen LogP contribution is 2.29. The number of aliphatic hydroxyl groups is 1. The predicted molar refractivity (Wildman–Crippen MR) is 109 cm³/mol. The second-order valence-electron chi connectivity index (χ2n) is 5.67. The van der Waals surface area contributed by atoms with Gasteiger partial charge in [0, 0.05) is 29.4 Å². The number of benzene rings is 1. The van der Waals surface area contributed by atoms with Gasteiger partial charge in [0.1, 0.15) is 10.1 Å². The average molecular weight is 392 g/mol. The third-order valence-corrected chi connectivity index (χ3v) is 5.04. The summed E-state index contributed by atoms with van der Waals surface area (Å²) in [6.45, 7) is -0.0760. The van der Waals surface area contributed by atoms with Crippen LogP contribution in [0.25, 0.3) is 17.0 Å². The number of thioether (sulfide) groups is 1. The lowest BCUT2D eigenvalue weighted by Gasteiger charge is -1.98. The second kappa shape index (κ2) is 7.37. The number of hydrogen-bond acceptors (Lipinski definition) is 6. The summed E-state index contributed by atoms with van der Waals surface area (Å²) >= 11 is 6.19. The molecule has 1 aliphatic heterocycles. The fourth-order valence-corrected chi connectivity index (χ4v) is 3.63. The van der Waals surface area contributed by atoms with Crippen molar-refractivity contribution in [2.45, 2.75) is 6.61 Å². The summed E-state index contributed by atoms with van der Waals surface area (Å²) in [5.41, 5.74) is 2.73. The van der Waals surface area contributed by atoms with Crippen molar-refractivity contribution in [2.75, 3.05) is 0 Å². The first-order valence-corrected chi connectivity index (χ1v) is 9.20. The summed E-state index contributed by atoms with van der Waals surface area (Å²) in [6, 6.07) is 9.21. The van der Waals surface area contributed by atoms with Crippen molar-refractivity contribution in [3.63, 3.8) is 0 Å². The molecule has 1 aromatic carbocycles. The van der Waals surface area contributed by atoms with E-state index in [0.717, 1.165) is 16.5 Å². The summed E-state index contributed by atoms with van der Waals surface area (Å²) in [6.07, 6.45) is 4.96. The number of carbonyl (C=O) groups excluding carboxylic acids is 1. The van der Waals surface area contributed by atoms with Crippen molar-refractivity contribution in [2.24, 2.45) is 0 Å². The highest BCUT2D eigenvalue weighted by atomic mass is 32.2. The van der Waals surface area contributed by atoms with Crippen molar-refractivity contribution in [1.82, 2.24) is 10.3 Å². The number of rotatable bonds is 2. The molecule has 2 aromatic heterocycles. The quantitative estimate of drug-likeness (QED) is 0.396. The molecule has 0 spiro atoms. The van der Waals surface area contributed by atoms with E-state index in [4.69, 9.17) is 16.6 Å². The Kier molecular flexibility index (Phi) is 4.77. The molecule has 0 saturated carbocycles. The SMILES string of the molecule is O=C1NC(=S)SC1=Cc1cc2cncc(C#Cc3ccccc3CO)c2o1. The molecule has 0 bridgehead atoms. The van der Waals surface area contributed by atoms with Gasteiger partial charge in [0.05, 0.1) is 17.1 Å². The van der Waals surface area contributed by atoms with Gasteiger partial charge in [-0.1, -0.05) is 54.0 Å². The van der Waals surface area contributed by atoms with Gasteiger partial charge in [-0.05, 0) is 17.7 Å². The van der Waals surface area contributed by atoms with Gasteiger partial charge in [-0.25, -0.2) is 0 Å². The lowest BCUT2D eigenvalue weighted by Crippen LogP contribution is -2.17. The van der Waals surface area contributed by atoms with Crippen LogP contribution in [0.4, 0.5) is 0 Å². The molecule has 2 N–H and O–H groups in total. The molecule has 1 aliphatic rings. The number of furan rings is 1.